The number of alkyl carbamates (subject to hydrolysis) is 1. The molecule has 0 spiro atoms. The van der Waals surface area contributed by atoms with E-state index >= 15 is 0 Å². The van der Waals surface area contributed by atoms with Crippen molar-refractivity contribution in [2.75, 3.05) is 26.8 Å². The lowest BCUT2D eigenvalue weighted by Gasteiger charge is -2.12. The minimum atomic E-state index is -4.04. The summed E-state index contributed by atoms with van der Waals surface area (Å²) in [7, 11) is -2.81. The minimum absolute atomic E-state index is 0.0277. The van der Waals surface area contributed by atoms with E-state index in [2.05, 4.69) is 15.4 Å². The lowest BCUT2D eigenvalue weighted by Crippen LogP contribution is -2.27. The van der Waals surface area contributed by atoms with E-state index in [1.807, 2.05) is 6.92 Å². The molecule has 3 aromatic rings. The first-order valence-electron chi connectivity index (χ1n) is 10.9. The number of amides is 2. The van der Waals surface area contributed by atoms with Crippen molar-refractivity contribution in [2.24, 2.45) is 0 Å². The summed E-state index contributed by atoms with van der Waals surface area (Å²) in [5.41, 5.74) is 2.12. The van der Waals surface area contributed by atoms with Crippen molar-refractivity contribution in [3.63, 3.8) is 0 Å². The van der Waals surface area contributed by atoms with E-state index in [0.717, 1.165) is 15.6 Å². The van der Waals surface area contributed by atoms with E-state index in [1.165, 1.54) is 32.2 Å². The summed E-state index contributed by atoms with van der Waals surface area (Å²) in [5, 5.41) is 5.62. The molecular formula is C24H28FN3O6S. The third-order valence-electron chi connectivity index (χ3n) is 5.46. The Hall–Kier alpha value is -3.60. The third kappa shape index (κ3) is 5.73. The Bertz CT molecular complexity index is 1350. The zero-order chi connectivity index (χ0) is 25.8. The molecule has 0 aliphatic rings. The number of carbonyl (C=O) groups excluding carboxylic acids is 2. The Morgan fingerprint density at radius 2 is 1.74 bits per heavy atom. The van der Waals surface area contributed by atoms with Crippen molar-refractivity contribution in [1.82, 2.24) is 14.6 Å². The maximum Gasteiger partial charge on any atom is 0.406 e. The first-order valence-corrected chi connectivity index (χ1v) is 12.3. The van der Waals surface area contributed by atoms with E-state index in [4.69, 9.17) is 4.74 Å². The molecule has 0 atom stereocenters. The molecule has 0 saturated heterocycles. The van der Waals surface area contributed by atoms with Crippen LogP contribution in [0.2, 0.25) is 0 Å². The second-order valence-electron chi connectivity index (χ2n) is 7.95. The summed E-state index contributed by atoms with van der Waals surface area (Å²) in [6.45, 7) is 5.22. The molecule has 188 valence electrons. The number of methoxy groups -OCH3 is 1. The molecule has 35 heavy (non-hydrogen) atoms. The molecule has 0 fully saturated rings. The number of fused-ring (bicyclic) bond motifs is 1. The first-order chi connectivity index (χ1) is 16.6. The number of ether oxygens (including phenoxy) is 2. The molecule has 11 heteroatoms. The number of aryl methyl sites for hydroxylation is 1. The Morgan fingerprint density at radius 3 is 2.37 bits per heavy atom. The summed E-state index contributed by atoms with van der Waals surface area (Å²) >= 11 is 0. The number of nitrogens with one attached hydrogen (secondary N) is 2. The van der Waals surface area contributed by atoms with Gasteiger partial charge in [0.1, 0.15) is 6.61 Å². The standard InChI is InChI=1S/C24H28FN3O6S/c1-15-5-7-18(8-6-15)35(31,32)28-16(2)19(9-10-26-17(3)29)20-13-23(21(25)14-22(20)28)34-12-11-27-24(30)33-4/h5-8,13-14H,9-12H2,1-4H3,(H,26,29)(H,27,30). The zero-order valence-corrected chi connectivity index (χ0v) is 20.8. The van der Waals surface area contributed by atoms with Crippen molar-refractivity contribution in [3.8, 4) is 5.75 Å². The Balaban J connectivity index is 2.07. The van der Waals surface area contributed by atoms with Gasteiger partial charge in [0.2, 0.25) is 5.91 Å². The van der Waals surface area contributed by atoms with E-state index in [-0.39, 0.29) is 41.8 Å². The van der Waals surface area contributed by atoms with Gasteiger partial charge < -0.3 is 20.1 Å². The van der Waals surface area contributed by atoms with Gasteiger partial charge in [0.15, 0.2) is 11.6 Å². The molecule has 0 bridgehead atoms. The highest BCUT2D eigenvalue weighted by atomic mass is 32.2. The van der Waals surface area contributed by atoms with E-state index in [0.29, 0.717) is 23.1 Å². The quantitative estimate of drug-likeness (QED) is 0.432. The average Bonchev–Trinajstić information content (AvgIpc) is 3.07. The van der Waals surface area contributed by atoms with Gasteiger partial charge >= 0.3 is 6.09 Å². The van der Waals surface area contributed by atoms with Crippen LogP contribution in [0.3, 0.4) is 0 Å². The lowest BCUT2D eigenvalue weighted by atomic mass is 10.1. The molecule has 1 heterocycles. The Morgan fingerprint density at radius 1 is 1.06 bits per heavy atom. The predicted molar refractivity (Wildman–Crippen MR) is 129 cm³/mol. The molecular weight excluding hydrogens is 477 g/mol. The van der Waals surface area contributed by atoms with Gasteiger partial charge in [-0.15, -0.1) is 0 Å². The van der Waals surface area contributed by atoms with Crippen molar-refractivity contribution in [3.05, 3.63) is 59.0 Å². The molecule has 0 aliphatic heterocycles. The van der Waals surface area contributed by atoms with Gasteiger partial charge in [-0.3, -0.25) is 4.79 Å². The molecule has 0 saturated carbocycles. The fourth-order valence-corrected chi connectivity index (χ4v) is 5.32. The van der Waals surface area contributed by atoms with Gasteiger partial charge in [0.25, 0.3) is 10.0 Å². The largest absolute Gasteiger partial charge is 0.489 e. The molecule has 2 N–H and O–H groups in total. The molecule has 1 aromatic heterocycles. The van der Waals surface area contributed by atoms with Crippen LogP contribution in [0.1, 0.15) is 23.7 Å². The summed E-state index contributed by atoms with van der Waals surface area (Å²) < 4.78 is 53.2. The summed E-state index contributed by atoms with van der Waals surface area (Å²) in [6, 6.07) is 8.98. The van der Waals surface area contributed by atoms with Crippen molar-refractivity contribution < 1.29 is 31.9 Å². The predicted octanol–water partition coefficient (Wildman–Crippen LogP) is 3.05. The van der Waals surface area contributed by atoms with Crippen molar-refractivity contribution >= 4 is 32.9 Å². The molecule has 9 nitrogen and oxygen atoms in total. The fourth-order valence-electron chi connectivity index (χ4n) is 3.75. The molecule has 3 rings (SSSR count). The number of nitrogens with zero attached hydrogens (tertiary/aromatic N) is 1. The van der Waals surface area contributed by atoms with Crippen LogP contribution in [0, 0.1) is 19.7 Å². The topological polar surface area (TPSA) is 116 Å². The zero-order valence-electron chi connectivity index (χ0n) is 20.0. The van der Waals surface area contributed by atoms with Gasteiger partial charge in [0, 0.05) is 30.6 Å². The second kappa shape index (κ2) is 10.8. The highest BCUT2D eigenvalue weighted by molar-refractivity contribution is 7.90. The number of rotatable bonds is 9. The van der Waals surface area contributed by atoms with E-state index in [1.54, 1.807) is 19.1 Å². The van der Waals surface area contributed by atoms with Crippen LogP contribution in [0.5, 0.6) is 5.75 Å². The highest BCUT2D eigenvalue weighted by Crippen LogP contribution is 2.34. The normalized spacial score (nSPS) is 11.3. The van der Waals surface area contributed by atoms with Crippen LogP contribution in [0.25, 0.3) is 10.9 Å². The Labute approximate surface area is 203 Å². The first kappa shape index (κ1) is 26.0. The molecule has 0 aliphatic carbocycles. The maximum atomic E-state index is 15.0. The number of hydrogen-bond donors (Lipinski definition) is 2. The van der Waals surface area contributed by atoms with Crippen LogP contribution in [0.15, 0.2) is 41.3 Å². The van der Waals surface area contributed by atoms with Gasteiger partial charge in [-0.1, -0.05) is 17.7 Å². The van der Waals surface area contributed by atoms with Crippen LogP contribution in [-0.4, -0.2) is 51.2 Å². The molecule has 0 radical (unpaired) electrons. The van der Waals surface area contributed by atoms with Gasteiger partial charge in [-0.25, -0.2) is 21.6 Å². The second-order valence-corrected chi connectivity index (χ2v) is 9.73. The monoisotopic (exact) mass is 505 g/mol. The minimum Gasteiger partial charge on any atom is -0.489 e. The summed E-state index contributed by atoms with van der Waals surface area (Å²) in [4.78, 5) is 22.6. The smallest absolute Gasteiger partial charge is 0.406 e. The molecule has 2 aromatic carbocycles. The summed E-state index contributed by atoms with van der Waals surface area (Å²) in [5.74, 6) is -1.05. The van der Waals surface area contributed by atoms with Crippen LogP contribution < -0.4 is 15.4 Å². The van der Waals surface area contributed by atoms with Crippen LogP contribution in [0.4, 0.5) is 9.18 Å². The lowest BCUT2D eigenvalue weighted by molar-refractivity contribution is -0.118. The highest BCUT2D eigenvalue weighted by Gasteiger charge is 2.26. The number of benzene rings is 2. The average molecular weight is 506 g/mol. The van der Waals surface area contributed by atoms with Crippen molar-refractivity contribution in [2.45, 2.75) is 32.1 Å². The number of carbonyl (C=O) groups is 2. The van der Waals surface area contributed by atoms with Gasteiger partial charge in [0.05, 0.1) is 24.1 Å². The molecule has 0 unspecified atom stereocenters. The third-order valence-corrected chi connectivity index (χ3v) is 7.28. The summed E-state index contributed by atoms with van der Waals surface area (Å²) in [6.07, 6.45) is -0.313. The number of aromatic nitrogens is 1. The van der Waals surface area contributed by atoms with Gasteiger partial charge in [-0.05, 0) is 44.0 Å². The van der Waals surface area contributed by atoms with E-state index in [9.17, 15) is 22.4 Å². The van der Waals surface area contributed by atoms with Crippen LogP contribution in [-0.2, 0) is 26.0 Å². The number of halogens is 1. The Kier molecular flexibility index (Phi) is 8.00. The van der Waals surface area contributed by atoms with Crippen molar-refractivity contribution in [1.29, 1.82) is 0 Å². The SMILES string of the molecule is COC(=O)NCCOc1cc2c(CCNC(C)=O)c(C)n(S(=O)(=O)c3ccc(C)cc3)c2cc1F. The van der Waals surface area contributed by atoms with Gasteiger partial charge in [-0.2, -0.15) is 0 Å². The number of hydrogen-bond acceptors (Lipinski definition) is 6. The maximum absolute atomic E-state index is 15.0. The van der Waals surface area contributed by atoms with Crippen LogP contribution >= 0.6 is 0 Å². The fraction of sp³-hybridized carbons (Fsp3) is 0.333. The van der Waals surface area contributed by atoms with E-state index < -0.39 is 21.9 Å². The molecule has 2 amide bonds.